The molecule has 1 fully saturated rings. The van der Waals surface area contributed by atoms with E-state index in [4.69, 9.17) is 5.73 Å². The minimum Gasteiger partial charge on any atom is -0.397 e. The first-order valence-electron chi connectivity index (χ1n) is 6.65. The lowest BCUT2D eigenvalue weighted by molar-refractivity contribution is 0.0963. The highest BCUT2D eigenvalue weighted by Gasteiger charge is 2.24. The van der Waals surface area contributed by atoms with E-state index >= 15 is 0 Å². The zero-order chi connectivity index (χ0) is 13.8. The molecular formula is C14H21N3O2. The molecule has 0 saturated heterocycles. The third kappa shape index (κ3) is 3.17. The number of nitrogen functional groups attached to an aromatic ring is 1. The first-order valence-corrected chi connectivity index (χ1v) is 6.65. The summed E-state index contributed by atoms with van der Waals surface area (Å²) in [7, 11) is 1.60. The summed E-state index contributed by atoms with van der Waals surface area (Å²) in [4.78, 5) is 11.6. The summed E-state index contributed by atoms with van der Waals surface area (Å²) in [6.07, 6.45) is 2.75. The van der Waals surface area contributed by atoms with Crippen LogP contribution in [0.15, 0.2) is 18.2 Å². The lowest BCUT2D eigenvalue weighted by Gasteiger charge is -2.17. The fraction of sp³-hybridized carbons (Fsp3) is 0.500. The zero-order valence-corrected chi connectivity index (χ0v) is 11.1. The van der Waals surface area contributed by atoms with Crippen molar-refractivity contribution in [2.75, 3.05) is 24.6 Å². The summed E-state index contributed by atoms with van der Waals surface area (Å²) < 4.78 is 0. The first-order chi connectivity index (χ1) is 9.11. The molecule has 5 nitrogen and oxygen atoms in total. The van der Waals surface area contributed by atoms with Crippen molar-refractivity contribution >= 4 is 17.3 Å². The van der Waals surface area contributed by atoms with Crippen LogP contribution in [0.3, 0.4) is 0 Å². The molecule has 1 saturated carbocycles. The minimum absolute atomic E-state index is 0.135. The van der Waals surface area contributed by atoms with Crippen LogP contribution in [0.4, 0.5) is 11.4 Å². The topological polar surface area (TPSA) is 87.4 Å². The number of hydrogen-bond donors (Lipinski definition) is 4. The molecule has 5 N–H and O–H groups in total. The van der Waals surface area contributed by atoms with Gasteiger partial charge in [0.1, 0.15) is 0 Å². The summed E-state index contributed by atoms with van der Waals surface area (Å²) in [6, 6.07) is 5.16. The Hall–Kier alpha value is -1.75. The molecule has 0 heterocycles. The molecule has 0 aliphatic heterocycles. The number of carbonyl (C=O) groups is 1. The second kappa shape index (κ2) is 5.93. The highest BCUT2D eigenvalue weighted by Crippen LogP contribution is 2.27. The van der Waals surface area contributed by atoms with Gasteiger partial charge in [-0.25, -0.2) is 0 Å². The molecule has 1 aromatic rings. The Morgan fingerprint density at radius 2 is 2.26 bits per heavy atom. The summed E-state index contributed by atoms with van der Waals surface area (Å²) in [5.74, 6) is 0.131. The number of carbonyl (C=O) groups excluding carboxylic acids is 1. The van der Waals surface area contributed by atoms with E-state index in [1.165, 1.54) is 0 Å². The van der Waals surface area contributed by atoms with E-state index in [0.29, 0.717) is 17.8 Å². The number of benzene rings is 1. The Morgan fingerprint density at radius 1 is 1.47 bits per heavy atom. The molecule has 2 rings (SSSR count). The number of anilines is 2. The number of hydrogen-bond acceptors (Lipinski definition) is 4. The van der Waals surface area contributed by atoms with E-state index < -0.39 is 0 Å². The summed E-state index contributed by atoms with van der Waals surface area (Å²) in [6.45, 7) is 0.683. The number of aliphatic hydroxyl groups is 1. The second-order valence-electron chi connectivity index (χ2n) is 5.02. The Bertz CT molecular complexity index is 462. The molecule has 2 unspecified atom stereocenters. The largest absolute Gasteiger partial charge is 0.397 e. The SMILES string of the molecule is CNC(=O)c1ccc(N)c(NCC2CCCC2O)c1. The van der Waals surface area contributed by atoms with E-state index in [0.717, 1.165) is 24.9 Å². The number of rotatable bonds is 4. The molecule has 1 aliphatic carbocycles. The average molecular weight is 263 g/mol. The molecule has 5 heteroatoms. The standard InChI is InChI=1S/C14H21N3O2/c1-16-14(19)9-5-6-11(15)12(7-9)17-8-10-3-2-4-13(10)18/h5-7,10,13,17-18H,2-4,8,15H2,1H3,(H,16,19). The number of aliphatic hydroxyl groups excluding tert-OH is 1. The van der Waals surface area contributed by atoms with Crippen molar-refractivity contribution in [2.45, 2.75) is 25.4 Å². The Morgan fingerprint density at radius 3 is 2.89 bits per heavy atom. The van der Waals surface area contributed by atoms with Gasteiger partial charge in [-0.15, -0.1) is 0 Å². The van der Waals surface area contributed by atoms with Gasteiger partial charge in [0.05, 0.1) is 17.5 Å². The van der Waals surface area contributed by atoms with Gasteiger partial charge in [-0.1, -0.05) is 6.42 Å². The van der Waals surface area contributed by atoms with E-state index in [2.05, 4.69) is 10.6 Å². The van der Waals surface area contributed by atoms with Crippen molar-refractivity contribution in [1.29, 1.82) is 0 Å². The molecule has 2 atom stereocenters. The van der Waals surface area contributed by atoms with Gasteiger partial charge in [-0.3, -0.25) is 4.79 Å². The van der Waals surface area contributed by atoms with Gasteiger partial charge in [-0.2, -0.15) is 0 Å². The van der Waals surface area contributed by atoms with Crippen LogP contribution in [-0.2, 0) is 0 Å². The van der Waals surface area contributed by atoms with Crippen molar-refractivity contribution in [2.24, 2.45) is 5.92 Å². The number of nitrogens with two attached hydrogens (primary N) is 1. The van der Waals surface area contributed by atoms with Crippen LogP contribution >= 0.6 is 0 Å². The molecule has 1 aromatic carbocycles. The molecule has 19 heavy (non-hydrogen) atoms. The fourth-order valence-corrected chi connectivity index (χ4v) is 2.49. The highest BCUT2D eigenvalue weighted by atomic mass is 16.3. The van der Waals surface area contributed by atoms with Gasteiger partial charge in [0.15, 0.2) is 0 Å². The fourth-order valence-electron chi connectivity index (χ4n) is 2.49. The molecule has 104 valence electrons. The maximum absolute atomic E-state index is 11.6. The molecule has 1 aliphatic rings. The van der Waals surface area contributed by atoms with Gasteiger partial charge in [0.2, 0.25) is 0 Å². The third-order valence-electron chi connectivity index (χ3n) is 3.72. The minimum atomic E-state index is -0.226. The maximum Gasteiger partial charge on any atom is 0.251 e. The van der Waals surface area contributed by atoms with Crippen LogP contribution in [0.5, 0.6) is 0 Å². The van der Waals surface area contributed by atoms with E-state index in [1.54, 1.807) is 25.2 Å². The zero-order valence-electron chi connectivity index (χ0n) is 11.1. The smallest absolute Gasteiger partial charge is 0.251 e. The van der Waals surface area contributed by atoms with Gasteiger partial charge in [-0.05, 0) is 31.0 Å². The lowest BCUT2D eigenvalue weighted by atomic mass is 10.1. The predicted molar refractivity (Wildman–Crippen MR) is 76.1 cm³/mol. The van der Waals surface area contributed by atoms with Crippen LogP contribution in [0.1, 0.15) is 29.6 Å². The normalized spacial score (nSPS) is 22.2. The van der Waals surface area contributed by atoms with Gasteiger partial charge < -0.3 is 21.5 Å². The second-order valence-corrected chi connectivity index (χ2v) is 5.02. The van der Waals surface area contributed by atoms with Crippen LogP contribution < -0.4 is 16.4 Å². The van der Waals surface area contributed by atoms with E-state index in [1.807, 2.05) is 0 Å². The average Bonchev–Trinajstić information content (AvgIpc) is 2.82. The maximum atomic E-state index is 11.6. The van der Waals surface area contributed by atoms with Gasteiger partial charge in [0.25, 0.3) is 5.91 Å². The van der Waals surface area contributed by atoms with Crippen molar-refractivity contribution in [3.05, 3.63) is 23.8 Å². The molecule has 0 bridgehead atoms. The first kappa shape index (κ1) is 13.7. The molecule has 0 radical (unpaired) electrons. The third-order valence-corrected chi connectivity index (χ3v) is 3.72. The summed E-state index contributed by atoms with van der Waals surface area (Å²) in [5, 5.41) is 15.6. The molecule has 0 spiro atoms. The molecular weight excluding hydrogens is 242 g/mol. The van der Waals surface area contributed by atoms with Crippen molar-refractivity contribution in [1.82, 2.24) is 5.32 Å². The predicted octanol–water partition coefficient (Wildman–Crippen LogP) is 1.20. The summed E-state index contributed by atoms with van der Waals surface area (Å²) >= 11 is 0. The van der Waals surface area contributed by atoms with Crippen LogP contribution in [0, 0.1) is 5.92 Å². The van der Waals surface area contributed by atoms with Crippen LogP contribution in [0.25, 0.3) is 0 Å². The van der Waals surface area contributed by atoms with Crippen LogP contribution in [-0.4, -0.2) is 30.7 Å². The van der Waals surface area contributed by atoms with Crippen molar-refractivity contribution < 1.29 is 9.90 Å². The van der Waals surface area contributed by atoms with Gasteiger partial charge in [0, 0.05) is 25.1 Å². The Labute approximate surface area is 113 Å². The van der Waals surface area contributed by atoms with Crippen molar-refractivity contribution in [3.8, 4) is 0 Å². The lowest BCUT2D eigenvalue weighted by Crippen LogP contribution is -2.23. The molecule has 1 amide bonds. The van der Waals surface area contributed by atoms with E-state index in [-0.39, 0.29) is 17.9 Å². The quantitative estimate of drug-likeness (QED) is 0.615. The van der Waals surface area contributed by atoms with E-state index in [9.17, 15) is 9.90 Å². The monoisotopic (exact) mass is 263 g/mol. The highest BCUT2D eigenvalue weighted by molar-refractivity contribution is 5.96. The van der Waals surface area contributed by atoms with Gasteiger partial charge >= 0.3 is 0 Å². The molecule has 0 aromatic heterocycles. The Balaban J connectivity index is 2.04. The number of nitrogens with one attached hydrogen (secondary N) is 2. The van der Waals surface area contributed by atoms with Crippen LogP contribution in [0.2, 0.25) is 0 Å². The number of amides is 1. The van der Waals surface area contributed by atoms with Crippen molar-refractivity contribution in [3.63, 3.8) is 0 Å². The Kier molecular flexibility index (Phi) is 4.27. The summed E-state index contributed by atoms with van der Waals surface area (Å²) in [5.41, 5.74) is 7.83.